The normalized spacial score (nSPS) is 13.6. The maximum absolute atomic E-state index is 13.5. The highest BCUT2D eigenvalue weighted by Gasteiger charge is 2.15. The number of hydrogen-bond donors (Lipinski definition) is 3. The lowest BCUT2D eigenvalue weighted by molar-refractivity contribution is 0.316. The van der Waals surface area contributed by atoms with E-state index in [9.17, 15) is 8.78 Å². The molecule has 0 saturated heterocycles. The predicted molar refractivity (Wildman–Crippen MR) is 57.6 cm³/mol. The minimum Gasteiger partial charge on any atom is -0.409 e. The zero-order valence-corrected chi connectivity index (χ0v) is 8.96. The summed E-state index contributed by atoms with van der Waals surface area (Å²) >= 11 is 0. The first-order valence-electron chi connectivity index (χ1n) is 4.66. The van der Waals surface area contributed by atoms with Gasteiger partial charge in [0, 0.05) is 0 Å². The number of oxime groups is 1. The van der Waals surface area contributed by atoms with Gasteiger partial charge in [0.2, 0.25) is 0 Å². The van der Waals surface area contributed by atoms with E-state index < -0.39 is 17.7 Å². The smallest absolute Gasteiger partial charge is 0.161 e. The third-order valence-electron chi connectivity index (χ3n) is 2.20. The van der Waals surface area contributed by atoms with Gasteiger partial charge in [0.25, 0.3) is 0 Å². The topological polar surface area (TPSA) is 70.6 Å². The number of aryl methyl sites for hydroxylation is 1. The van der Waals surface area contributed by atoms with Crippen molar-refractivity contribution >= 4 is 11.5 Å². The molecule has 0 spiro atoms. The van der Waals surface area contributed by atoms with E-state index in [-0.39, 0.29) is 11.5 Å². The van der Waals surface area contributed by atoms with Gasteiger partial charge in [-0.2, -0.15) is 0 Å². The Morgan fingerprint density at radius 2 is 2.12 bits per heavy atom. The maximum Gasteiger partial charge on any atom is 0.161 e. The number of rotatable bonds is 3. The van der Waals surface area contributed by atoms with Gasteiger partial charge in [0.05, 0.1) is 6.04 Å². The van der Waals surface area contributed by atoms with Crippen molar-refractivity contribution in [3.05, 3.63) is 29.3 Å². The van der Waals surface area contributed by atoms with Crippen LogP contribution in [0.15, 0.2) is 17.3 Å². The number of nitrogens with one attached hydrogen (secondary N) is 1. The average molecular weight is 229 g/mol. The molecule has 0 saturated carbocycles. The van der Waals surface area contributed by atoms with Crippen LogP contribution < -0.4 is 11.1 Å². The van der Waals surface area contributed by atoms with Crippen LogP contribution in [0.5, 0.6) is 0 Å². The van der Waals surface area contributed by atoms with Crippen LogP contribution in [-0.4, -0.2) is 17.1 Å². The third kappa shape index (κ3) is 2.39. The van der Waals surface area contributed by atoms with Gasteiger partial charge < -0.3 is 16.3 Å². The van der Waals surface area contributed by atoms with Crippen molar-refractivity contribution in [3.63, 3.8) is 0 Å². The highest BCUT2D eigenvalue weighted by Crippen LogP contribution is 2.22. The molecule has 0 amide bonds. The Balaban J connectivity index is 3.01. The summed E-state index contributed by atoms with van der Waals surface area (Å²) in [5.74, 6) is -1.56. The van der Waals surface area contributed by atoms with Crippen molar-refractivity contribution in [1.82, 2.24) is 0 Å². The van der Waals surface area contributed by atoms with Gasteiger partial charge in [-0.05, 0) is 25.5 Å². The van der Waals surface area contributed by atoms with Crippen LogP contribution in [0.4, 0.5) is 14.5 Å². The Bertz CT molecular complexity index is 421. The van der Waals surface area contributed by atoms with Crippen LogP contribution in [0.2, 0.25) is 0 Å². The minimum atomic E-state index is -0.722. The van der Waals surface area contributed by atoms with Crippen LogP contribution >= 0.6 is 0 Å². The maximum atomic E-state index is 13.5. The molecule has 0 bridgehead atoms. The van der Waals surface area contributed by atoms with Crippen molar-refractivity contribution in [3.8, 4) is 0 Å². The third-order valence-corrected chi connectivity index (χ3v) is 2.20. The Kier molecular flexibility index (Phi) is 3.65. The fourth-order valence-corrected chi connectivity index (χ4v) is 1.17. The molecule has 0 radical (unpaired) electrons. The molecule has 4 nitrogen and oxygen atoms in total. The van der Waals surface area contributed by atoms with E-state index in [2.05, 4.69) is 10.5 Å². The van der Waals surface area contributed by atoms with Gasteiger partial charge in [0.1, 0.15) is 11.5 Å². The molecule has 0 aliphatic heterocycles. The number of anilines is 1. The van der Waals surface area contributed by atoms with Crippen LogP contribution in [0, 0.1) is 18.6 Å². The van der Waals surface area contributed by atoms with Crippen molar-refractivity contribution in [2.24, 2.45) is 10.9 Å². The van der Waals surface area contributed by atoms with Gasteiger partial charge >= 0.3 is 0 Å². The van der Waals surface area contributed by atoms with E-state index in [1.165, 1.54) is 19.9 Å². The van der Waals surface area contributed by atoms with Gasteiger partial charge in [-0.3, -0.25) is 0 Å². The molecule has 0 heterocycles. The molecule has 0 fully saturated rings. The van der Waals surface area contributed by atoms with E-state index in [1.54, 1.807) is 0 Å². The molecule has 0 aliphatic carbocycles. The van der Waals surface area contributed by atoms with E-state index in [4.69, 9.17) is 10.9 Å². The molecule has 0 aromatic heterocycles. The quantitative estimate of drug-likeness (QED) is 0.320. The summed E-state index contributed by atoms with van der Waals surface area (Å²) in [5.41, 5.74) is 5.33. The fraction of sp³-hybridized carbons (Fsp3) is 0.300. The summed E-state index contributed by atoms with van der Waals surface area (Å²) in [6, 6.07) is 1.82. The standard InChI is InChI=1S/C10H13F2N3O/c1-5-3-4-7(11)9(8(5)12)14-6(2)10(13)15-16/h3-4,6,14,16H,1-2H3,(H2,13,15). The van der Waals surface area contributed by atoms with Crippen molar-refractivity contribution in [1.29, 1.82) is 0 Å². The molecular formula is C10H13F2N3O. The largest absolute Gasteiger partial charge is 0.409 e. The fourth-order valence-electron chi connectivity index (χ4n) is 1.17. The van der Waals surface area contributed by atoms with Crippen molar-refractivity contribution < 1.29 is 14.0 Å². The van der Waals surface area contributed by atoms with Gasteiger partial charge in [0.15, 0.2) is 11.7 Å². The molecule has 0 aliphatic rings. The average Bonchev–Trinajstić information content (AvgIpc) is 2.28. The lowest BCUT2D eigenvalue weighted by Gasteiger charge is -2.15. The number of amidine groups is 1. The Hall–Kier alpha value is -1.85. The summed E-state index contributed by atoms with van der Waals surface area (Å²) < 4.78 is 26.9. The number of nitrogens with zero attached hydrogens (tertiary/aromatic N) is 1. The summed E-state index contributed by atoms with van der Waals surface area (Å²) in [7, 11) is 0. The van der Waals surface area contributed by atoms with Crippen LogP contribution in [0.3, 0.4) is 0 Å². The number of halogens is 2. The SMILES string of the molecule is Cc1ccc(F)c(NC(C)/C(N)=N/O)c1F. The molecule has 1 aromatic carbocycles. The van der Waals surface area contributed by atoms with Crippen LogP contribution in [0.25, 0.3) is 0 Å². The summed E-state index contributed by atoms with van der Waals surface area (Å²) in [4.78, 5) is 0. The number of hydrogen-bond acceptors (Lipinski definition) is 3. The second kappa shape index (κ2) is 4.78. The molecule has 6 heteroatoms. The zero-order valence-electron chi connectivity index (χ0n) is 8.96. The first-order valence-corrected chi connectivity index (χ1v) is 4.66. The van der Waals surface area contributed by atoms with Crippen LogP contribution in [-0.2, 0) is 0 Å². The molecule has 1 unspecified atom stereocenters. The predicted octanol–water partition coefficient (Wildman–Crippen LogP) is 1.82. The molecule has 16 heavy (non-hydrogen) atoms. The summed E-state index contributed by atoms with van der Waals surface area (Å²) in [5, 5.41) is 13.7. The molecule has 88 valence electrons. The molecule has 1 aromatic rings. The first kappa shape index (κ1) is 12.2. The summed E-state index contributed by atoms with van der Waals surface area (Å²) in [6.07, 6.45) is 0. The zero-order chi connectivity index (χ0) is 12.3. The van der Waals surface area contributed by atoms with Gasteiger partial charge in [-0.15, -0.1) is 0 Å². The monoisotopic (exact) mass is 229 g/mol. The second-order valence-corrected chi connectivity index (χ2v) is 3.44. The van der Waals surface area contributed by atoms with E-state index in [0.717, 1.165) is 6.07 Å². The van der Waals surface area contributed by atoms with Crippen LogP contribution in [0.1, 0.15) is 12.5 Å². The van der Waals surface area contributed by atoms with Gasteiger partial charge in [-0.1, -0.05) is 11.2 Å². The molecular weight excluding hydrogens is 216 g/mol. The van der Waals surface area contributed by atoms with E-state index in [0.29, 0.717) is 5.56 Å². The Labute approximate surface area is 91.8 Å². The first-order chi connectivity index (χ1) is 7.47. The van der Waals surface area contributed by atoms with Crippen molar-refractivity contribution in [2.75, 3.05) is 5.32 Å². The van der Waals surface area contributed by atoms with Crippen molar-refractivity contribution in [2.45, 2.75) is 19.9 Å². The van der Waals surface area contributed by atoms with Gasteiger partial charge in [-0.25, -0.2) is 8.78 Å². The number of nitrogens with two attached hydrogens (primary N) is 1. The number of benzene rings is 1. The minimum absolute atomic E-state index is 0.152. The Morgan fingerprint density at radius 1 is 1.50 bits per heavy atom. The highest BCUT2D eigenvalue weighted by atomic mass is 19.1. The van der Waals surface area contributed by atoms with E-state index in [1.807, 2.05) is 0 Å². The second-order valence-electron chi connectivity index (χ2n) is 3.44. The lowest BCUT2D eigenvalue weighted by atomic mass is 10.2. The van der Waals surface area contributed by atoms with E-state index >= 15 is 0 Å². The highest BCUT2D eigenvalue weighted by molar-refractivity contribution is 5.87. The molecule has 4 N–H and O–H groups in total. The Morgan fingerprint density at radius 3 is 2.69 bits per heavy atom. The molecule has 1 rings (SSSR count). The summed E-state index contributed by atoms with van der Waals surface area (Å²) in [6.45, 7) is 3.05. The lowest BCUT2D eigenvalue weighted by Crippen LogP contribution is -2.33. The molecule has 1 atom stereocenters.